The van der Waals surface area contributed by atoms with Gasteiger partial charge in [-0.2, -0.15) is 0 Å². The van der Waals surface area contributed by atoms with Gasteiger partial charge in [0.1, 0.15) is 11.3 Å². The number of aliphatic hydroxyl groups is 1. The summed E-state index contributed by atoms with van der Waals surface area (Å²) in [5.74, 6) is 0.636. The molecular weight excluding hydrogens is 254 g/mol. The van der Waals surface area contributed by atoms with Crippen LogP contribution in [-0.2, 0) is 0 Å². The van der Waals surface area contributed by atoms with Crippen molar-refractivity contribution in [3.05, 3.63) is 48.0 Å². The van der Waals surface area contributed by atoms with Crippen molar-refractivity contribution in [3.8, 4) is 11.4 Å². The highest BCUT2D eigenvalue weighted by Crippen LogP contribution is 2.31. The minimum atomic E-state index is -0.663. The molecule has 5 heteroatoms. The summed E-state index contributed by atoms with van der Waals surface area (Å²) in [4.78, 5) is 0. The van der Waals surface area contributed by atoms with E-state index in [4.69, 9.17) is 4.74 Å². The van der Waals surface area contributed by atoms with Gasteiger partial charge in [0.05, 0.1) is 24.4 Å². The van der Waals surface area contributed by atoms with Gasteiger partial charge in [-0.25, -0.2) is 4.68 Å². The monoisotopic (exact) mass is 269 g/mol. The topological polar surface area (TPSA) is 60.2 Å². The first-order chi connectivity index (χ1) is 9.72. The average Bonchev–Trinajstić information content (AvgIpc) is 2.90. The van der Waals surface area contributed by atoms with Gasteiger partial charge in [0, 0.05) is 5.56 Å². The van der Waals surface area contributed by atoms with E-state index in [2.05, 4.69) is 10.3 Å². The molecule has 1 heterocycles. The highest BCUT2D eigenvalue weighted by Gasteiger charge is 2.17. The van der Waals surface area contributed by atoms with Crippen molar-refractivity contribution >= 4 is 11.0 Å². The molecule has 0 aliphatic carbocycles. The lowest BCUT2D eigenvalue weighted by Crippen LogP contribution is -2.06. The van der Waals surface area contributed by atoms with Gasteiger partial charge in [-0.05, 0) is 31.2 Å². The van der Waals surface area contributed by atoms with Crippen molar-refractivity contribution in [1.82, 2.24) is 15.0 Å². The molecule has 1 aromatic heterocycles. The molecule has 3 rings (SSSR count). The maximum atomic E-state index is 10.0. The maximum Gasteiger partial charge on any atom is 0.126 e. The van der Waals surface area contributed by atoms with E-state index >= 15 is 0 Å². The van der Waals surface area contributed by atoms with E-state index < -0.39 is 6.10 Å². The zero-order valence-electron chi connectivity index (χ0n) is 11.3. The summed E-state index contributed by atoms with van der Waals surface area (Å²) < 4.78 is 7.06. The van der Waals surface area contributed by atoms with E-state index in [-0.39, 0.29) is 0 Å². The number of ether oxygens (including phenoxy) is 1. The van der Waals surface area contributed by atoms with E-state index in [0.717, 1.165) is 16.7 Å². The number of aliphatic hydroxyl groups excluding tert-OH is 1. The Morgan fingerprint density at radius 1 is 1.15 bits per heavy atom. The normalized spacial score (nSPS) is 12.6. The lowest BCUT2D eigenvalue weighted by molar-refractivity contribution is 0.194. The highest BCUT2D eigenvalue weighted by molar-refractivity contribution is 5.76. The Balaban J connectivity index is 2.29. The number of hydrogen-bond acceptors (Lipinski definition) is 4. The van der Waals surface area contributed by atoms with Crippen LogP contribution in [0.15, 0.2) is 42.5 Å². The molecule has 0 unspecified atom stereocenters. The van der Waals surface area contributed by atoms with Crippen molar-refractivity contribution in [2.45, 2.75) is 13.0 Å². The summed E-state index contributed by atoms with van der Waals surface area (Å²) in [5, 5.41) is 18.4. The predicted molar refractivity (Wildman–Crippen MR) is 76.1 cm³/mol. The number of nitrogens with zero attached hydrogens (tertiary/aromatic N) is 3. The molecular formula is C15H15N3O2. The summed E-state index contributed by atoms with van der Waals surface area (Å²) in [6.45, 7) is 1.71. The van der Waals surface area contributed by atoms with Gasteiger partial charge >= 0.3 is 0 Å². The van der Waals surface area contributed by atoms with Crippen LogP contribution in [-0.4, -0.2) is 27.2 Å². The van der Waals surface area contributed by atoms with Crippen LogP contribution in [0, 0.1) is 0 Å². The van der Waals surface area contributed by atoms with Gasteiger partial charge in [-0.3, -0.25) is 0 Å². The lowest BCUT2D eigenvalue weighted by Gasteiger charge is -2.16. The van der Waals surface area contributed by atoms with Gasteiger partial charge in [0.2, 0.25) is 0 Å². The molecule has 102 valence electrons. The Labute approximate surface area is 116 Å². The Morgan fingerprint density at radius 2 is 1.95 bits per heavy atom. The van der Waals surface area contributed by atoms with Crippen LogP contribution in [0.1, 0.15) is 18.6 Å². The fourth-order valence-corrected chi connectivity index (χ4v) is 2.36. The van der Waals surface area contributed by atoms with Gasteiger partial charge in [0.15, 0.2) is 0 Å². The SMILES string of the molecule is COc1cccc(-n2nnc3ccccc32)c1[C@H](C)O. The molecule has 1 N–H and O–H groups in total. The van der Waals surface area contributed by atoms with Crippen LogP contribution in [0.4, 0.5) is 0 Å². The summed E-state index contributed by atoms with van der Waals surface area (Å²) in [6.07, 6.45) is -0.663. The van der Waals surface area contributed by atoms with Crippen LogP contribution in [0.5, 0.6) is 5.75 Å². The van der Waals surface area contributed by atoms with E-state index in [1.54, 1.807) is 18.7 Å². The quantitative estimate of drug-likeness (QED) is 0.793. The molecule has 20 heavy (non-hydrogen) atoms. The van der Waals surface area contributed by atoms with Gasteiger partial charge in [0.25, 0.3) is 0 Å². The molecule has 5 nitrogen and oxygen atoms in total. The number of benzene rings is 2. The van der Waals surface area contributed by atoms with Gasteiger partial charge in [-0.15, -0.1) is 5.10 Å². The Kier molecular flexibility index (Phi) is 3.12. The zero-order chi connectivity index (χ0) is 14.1. The first kappa shape index (κ1) is 12.6. The minimum absolute atomic E-state index is 0.636. The minimum Gasteiger partial charge on any atom is -0.496 e. The number of rotatable bonds is 3. The smallest absolute Gasteiger partial charge is 0.126 e. The zero-order valence-corrected chi connectivity index (χ0v) is 11.3. The summed E-state index contributed by atoms with van der Waals surface area (Å²) in [7, 11) is 1.59. The number of fused-ring (bicyclic) bond motifs is 1. The molecule has 0 saturated heterocycles. The fraction of sp³-hybridized carbons (Fsp3) is 0.200. The first-order valence-electron chi connectivity index (χ1n) is 6.38. The van der Waals surface area contributed by atoms with Crippen molar-refractivity contribution in [3.63, 3.8) is 0 Å². The third-order valence-electron chi connectivity index (χ3n) is 3.26. The van der Waals surface area contributed by atoms with Crippen molar-refractivity contribution < 1.29 is 9.84 Å². The van der Waals surface area contributed by atoms with Gasteiger partial charge < -0.3 is 9.84 Å². The van der Waals surface area contributed by atoms with E-state index in [0.29, 0.717) is 11.3 Å². The molecule has 1 atom stereocenters. The Bertz CT molecular complexity index is 750. The van der Waals surface area contributed by atoms with Crippen molar-refractivity contribution in [1.29, 1.82) is 0 Å². The molecule has 3 aromatic rings. The summed E-state index contributed by atoms with van der Waals surface area (Å²) >= 11 is 0. The second-order valence-electron chi connectivity index (χ2n) is 4.56. The fourth-order valence-electron chi connectivity index (χ4n) is 2.36. The van der Waals surface area contributed by atoms with Crippen LogP contribution in [0.25, 0.3) is 16.7 Å². The summed E-state index contributed by atoms with van der Waals surface area (Å²) in [5.41, 5.74) is 3.17. The Morgan fingerprint density at radius 3 is 2.70 bits per heavy atom. The number of hydrogen-bond donors (Lipinski definition) is 1. The molecule has 2 aromatic carbocycles. The molecule has 0 saturated carbocycles. The summed E-state index contributed by atoms with van der Waals surface area (Å²) in [6, 6.07) is 13.3. The number of aromatic nitrogens is 3. The lowest BCUT2D eigenvalue weighted by atomic mass is 10.1. The van der Waals surface area contributed by atoms with E-state index in [1.807, 2.05) is 42.5 Å². The molecule has 0 fully saturated rings. The molecule has 0 spiro atoms. The second kappa shape index (κ2) is 4.94. The molecule has 0 bridgehead atoms. The van der Waals surface area contributed by atoms with Crippen LogP contribution in [0.2, 0.25) is 0 Å². The highest BCUT2D eigenvalue weighted by atomic mass is 16.5. The van der Waals surface area contributed by atoms with Crippen LogP contribution >= 0.6 is 0 Å². The van der Waals surface area contributed by atoms with Gasteiger partial charge in [-0.1, -0.05) is 23.4 Å². The predicted octanol–water partition coefficient (Wildman–Crippen LogP) is 2.48. The van der Waals surface area contributed by atoms with Crippen molar-refractivity contribution in [2.75, 3.05) is 7.11 Å². The third-order valence-corrected chi connectivity index (χ3v) is 3.26. The average molecular weight is 269 g/mol. The second-order valence-corrected chi connectivity index (χ2v) is 4.56. The molecule has 0 aliphatic heterocycles. The largest absolute Gasteiger partial charge is 0.496 e. The third kappa shape index (κ3) is 1.92. The van der Waals surface area contributed by atoms with Crippen molar-refractivity contribution in [2.24, 2.45) is 0 Å². The maximum absolute atomic E-state index is 10.0. The van der Waals surface area contributed by atoms with E-state index in [1.165, 1.54) is 0 Å². The molecule has 0 amide bonds. The number of para-hydroxylation sites is 1. The first-order valence-corrected chi connectivity index (χ1v) is 6.38. The van der Waals surface area contributed by atoms with Crippen LogP contribution < -0.4 is 4.74 Å². The van der Waals surface area contributed by atoms with Crippen LogP contribution in [0.3, 0.4) is 0 Å². The molecule has 0 radical (unpaired) electrons. The molecule has 0 aliphatic rings. The van der Waals surface area contributed by atoms with E-state index in [9.17, 15) is 5.11 Å². The number of methoxy groups -OCH3 is 1. The Hall–Kier alpha value is -2.40. The standard InChI is InChI=1S/C15H15N3O2/c1-10(19)15-13(8-5-9-14(15)20-2)18-12-7-4-3-6-11(12)16-17-18/h3-10,19H,1-2H3/t10-/m0/s1.